The van der Waals surface area contributed by atoms with E-state index in [0.717, 1.165) is 74.2 Å². The first kappa shape index (κ1) is 56.8. The monoisotopic (exact) mass is 985 g/mol. The minimum atomic E-state index is -1.29. The van der Waals surface area contributed by atoms with Gasteiger partial charge in [0.05, 0.1) is 12.5 Å². The first-order valence-corrected chi connectivity index (χ1v) is 23.9. The summed E-state index contributed by atoms with van der Waals surface area (Å²) in [4.78, 5) is 101. The average molecular weight is 987 g/mol. The normalized spacial score (nSPS) is 13.8. The van der Waals surface area contributed by atoms with E-state index in [-0.39, 0.29) is 43.9 Å². The summed E-state index contributed by atoms with van der Waals surface area (Å²) >= 11 is 3.32. The molecule has 0 bridgehead atoms. The van der Waals surface area contributed by atoms with Crippen molar-refractivity contribution >= 4 is 63.2 Å². The Morgan fingerprint density at radius 1 is 0.545 bits per heavy atom. The minimum Gasteiger partial charge on any atom is -0.480 e. The molecule has 2 aromatic carbocycles. The van der Waals surface area contributed by atoms with E-state index in [4.69, 9.17) is 11.5 Å². The number of aliphatic hydroxyl groups is 1. The first-order valence-electron chi connectivity index (χ1n) is 23.1. The van der Waals surface area contributed by atoms with Gasteiger partial charge in [0, 0.05) is 30.2 Å². The predicted molar refractivity (Wildman–Crippen MR) is 254 cm³/mol. The van der Waals surface area contributed by atoms with Gasteiger partial charge in [-0.15, -0.1) is 0 Å². The van der Waals surface area contributed by atoms with Gasteiger partial charge in [-0.25, -0.2) is 4.79 Å². The van der Waals surface area contributed by atoms with E-state index in [1.807, 2.05) is 44.2 Å². The molecule has 6 atom stereocenters. The van der Waals surface area contributed by atoms with Crippen molar-refractivity contribution in [3.63, 3.8) is 0 Å². The fourth-order valence-corrected chi connectivity index (χ4v) is 7.57. The van der Waals surface area contributed by atoms with Gasteiger partial charge in [0.25, 0.3) is 0 Å². The second-order valence-corrected chi connectivity index (χ2v) is 18.3. The molecule has 0 unspecified atom stereocenters. The van der Waals surface area contributed by atoms with Gasteiger partial charge >= 0.3 is 5.97 Å². The van der Waals surface area contributed by atoms with Gasteiger partial charge < -0.3 is 48.3 Å². The molecule has 66 heavy (non-hydrogen) atoms. The summed E-state index contributed by atoms with van der Waals surface area (Å²) in [6, 6.07) is 10.2. The highest BCUT2D eigenvalue weighted by Gasteiger charge is 2.32. The maximum Gasteiger partial charge on any atom is 0.326 e. The molecule has 0 saturated heterocycles. The third-order valence-electron chi connectivity index (χ3n) is 10.9. The highest BCUT2D eigenvalue weighted by atomic mass is 79.9. The molecule has 2 rings (SSSR count). The summed E-state index contributed by atoms with van der Waals surface area (Å²) in [5.74, 6) is -5.68. The van der Waals surface area contributed by atoms with Crippen molar-refractivity contribution < 1.29 is 48.6 Å². The van der Waals surface area contributed by atoms with Crippen LogP contribution in [-0.2, 0) is 51.2 Å². The summed E-state index contributed by atoms with van der Waals surface area (Å²) in [6.07, 6.45) is 10.1. The van der Waals surface area contributed by atoms with Crippen LogP contribution in [0.2, 0.25) is 0 Å². The summed E-state index contributed by atoms with van der Waals surface area (Å²) in [5, 5.41) is 33.0. The number of carbonyl (C=O) groups is 8. The number of rotatable bonds is 34. The molecule has 0 fully saturated rings. The lowest BCUT2D eigenvalue weighted by Crippen LogP contribution is -2.59. The van der Waals surface area contributed by atoms with Crippen molar-refractivity contribution in [2.24, 2.45) is 17.4 Å². The van der Waals surface area contributed by atoms with Gasteiger partial charge in [-0.1, -0.05) is 136 Å². The zero-order valence-electron chi connectivity index (χ0n) is 38.7. The fraction of sp³-hybridized carbons (Fsp3) is 0.583. The molecule has 18 heteroatoms. The van der Waals surface area contributed by atoms with Crippen molar-refractivity contribution in [1.82, 2.24) is 26.6 Å². The lowest BCUT2D eigenvalue weighted by molar-refractivity contribution is -0.142. The predicted octanol–water partition coefficient (Wildman–Crippen LogP) is 3.99. The molecule has 7 amide bonds. The summed E-state index contributed by atoms with van der Waals surface area (Å²) in [6.45, 7) is 5.15. The van der Waals surface area contributed by atoms with Gasteiger partial charge in [0.15, 0.2) is 0 Å². The van der Waals surface area contributed by atoms with Crippen LogP contribution in [0.15, 0.2) is 59.1 Å². The smallest absolute Gasteiger partial charge is 0.326 e. The number of nitrogens with one attached hydrogen (secondary N) is 5. The average Bonchev–Trinajstić information content (AvgIpc) is 3.25. The highest BCUT2D eigenvalue weighted by molar-refractivity contribution is 9.10. The number of hydrogen-bond donors (Lipinski definition) is 9. The molecule has 0 aliphatic rings. The maximum atomic E-state index is 13.3. The number of nitrogens with two attached hydrogens (primary N) is 2. The molecule has 17 nitrogen and oxygen atoms in total. The number of carbonyl (C=O) groups excluding carboxylic acids is 7. The van der Waals surface area contributed by atoms with Gasteiger partial charge in [-0.05, 0) is 55.4 Å². The van der Waals surface area contributed by atoms with Gasteiger partial charge in [-0.2, -0.15) is 0 Å². The van der Waals surface area contributed by atoms with Gasteiger partial charge in [0.2, 0.25) is 41.4 Å². The van der Waals surface area contributed by atoms with Crippen molar-refractivity contribution in [3.8, 4) is 0 Å². The van der Waals surface area contributed by atoms with Crippen LogP contribution in [0.1, 0.15) is 135 Å². The van der Waals surface area contributed by atoms with Crippen LogP contribution in [0.4, 0.5) is 0 Å². The largest absolute Gasteiger partial charge is 0.480 e. The van der Waals surface area contributed by atoms with E-state index >= 15 is 0 Å². The lowest BCUT2D eigenvalue weighted by atomic mass is 10.0. The lowest BCUT2D eigenvalue weighted by Gasteiger charge is -2.26. The summed E-state index contributed by atoms with van der Waals surface area (Å²) in [7, 11) is 0. The van der Waals surface area contributed by atoms with E-state index < -0.39 is 84.1 Å². The van der Waals surface area contributed by atoms with Crippen molar-refractivity contribution in [2.45, 2.75) is 173 Å². The minimum absolute atomic E-state index is 0.00527. The Labute approximate surface area is 397 Å². The Bertz CT molecular complexity index is 1850. The number of halogens is 1. The van der Waals surface area contributed by atoms with Crippen LogP contribution in [0.3, 0.4) is 0 Å². The highest BCUT2D eigenvalue weighted by Crippen LogP contribution is 2.15. The van der Waals surface area contributed by atoms with E-state index in [9.17, 15) is 48.6 Å². The number of carboxylic acids is 1. The molecule has 0 heterocycles. The van der Waals surface area contributed by atoms with Gasteiger partial charge in [0.1, 0.15) is 30.2 Å². The second kappa shape index (κ2) is 31.5. The van der Waals surface area contributed by atoms with E-state index in [2.05, 4.69) is 42.5 Å². The molecule has 0 saturated carbocycles. The number of hydrogen-bond acceptors (Lipinski definition) is 9. The quantitative estimate of drug-likeness (QED) is 0.0455. The first-order chi connectivity index (χ1) is 31.4. The van der Waals surface area contributed by atoms with Crippen LogP contribution in [0.25, 0.3) is 0 Å². The number of unbranched alkanes of at least 4 members (excludes halogenated alkanes) is 11. The molecule has 0 aromatic heterocycles. The van der Waals surface area contributed by atoms with Crippen molar-refractivity contribution in [1.29, 1.82) is 0 Å². The van der Waals surface area contributed by atoms with Crippen LogP contribution in [0, 0.1) is 5.92 Å². The number of primary amides is 2. The molecule has 0 radical (unpaired) electrons. The molecular formula is C48H72BrN7O10. The van der Waals surface area contributed by atoms with Crippen LogP contribution in [-0.4, -0.2) is 93.8 Å². The Morgan fingerprint density at radius 2 is 0.985 bits per heavy atom. The van der Waals surface area contributed by atoms with E-state index in [1.54, 1.807) is 24.3 Å². The maximum absolute atomic E-state index is 13.3. The molecule has 0 aliphatic carbocycles. The van der Waals surface area contributed by atoms with E-state index in [1.165, 1.54) is 6.92 Å². The van der Waals surface area contributed by atoms with Crippen LogP contribution < -0.4 is 38.1 Å². The standard InChI is InChI=1S/C48H72BrN7O10/c1-31(2)27-37(45(62)53-36(44(51)61)28-33-19-15-14-16-20-33)54-47(64)43(32(3)57)56-42(60)22-18-13-11-9-7-5-4-6-8-10-12-17-21-41(59)52-38(30-40(50)58)46(63)55-39(48(65)66)29-34-23-25-35(49)26-24-34/h14-16,19-20,23-26,31-32,36-39,43,57H,4-13,17-18,21-22,27-30H2,1-3H3,(H2,50,58)(H2,51,61)(H,52,59)(H,53,62)(H,54,64)(H,55,63)(H,56,60)(H,65,66)/t32-,36+,37+,38+,39+,43+/m1/s1. The molecule has 0 spiro atoms. The SMILES string of the molecule is CC(C)C[C@H](NC(=O)[C@@H](NC(=O)CCCCCCCCCCCCCCC(=O)N[C@@H](CC(N)=O)C(=O)N[C@@H](Cc1ccc(Br)cc1)C(=O)O)[C@@H](C)O)C(=O)N[C@@H](Cc1ccccc1)C(N)=O. The van der Waals surface area contributed by atoms with E-state index in [0.29, 0.717) is 18.4 Å². The Balaban J connectivity index is 1.62. The molecule has 0 aliphatic heterocycles. The zero-order valence-corrected chi connectivity index (χ0v) is 40.2. The van der Waals surface area contributed by atoms with Crippen LogP contribution >= 0.6 is 15.9 Å². The number of benzene rings is 2. The number of amides is 7. The third kappa shape index (κ3) is 24.2. The molecular weight excluding hydrogens is 914 g/mol. The summed E-state index contributed by atoms with van der Waals surface area (Å²) in [5.41, 5.74) is 12.4. The van der Waals surface area contributed by atoms with Crippen molar-refractivity contribution in [2.75, 3.05) is 0 Å². The molecule has 11 N–H and O–H groups in total. The number of aliphatic carboxylic acids is 1. The van der Waals surface area contributed by atoms with Gasteiger partial charge in [-0.3, -0.25) is 33.6 Å². The molecule has 366 valence electrons. The topological polar surface area (TPSA) is 289 Å². The number of aliphatic hydroxyl groups excluding tert-OH is 1. The summed E-state index contributed by atoms with van der Waals surface area (Å²) < 4.78 is 0.820. The van der Waals surface area contributed by atoms with Crippen molar-refractivity contribution in [3.05, 3.63) is 70.2 Å². The Kier molecular flexibility index (Phi) is 27.1. The zero-order chi connectivity index (χ0) is 49.0. The Hall–Kier alpha value is -5.36. The second-order valence-electron chi connectivity index (χ2n) is 17.4. The Morgan fingerprint density at radius 3 is 1.45 bits per heavy atom. The molecule has 2 aromatic rings. The fourth-order valence-electron chi connectivity index (χ4n) is 7.30. The number of carboxylic acid groups (broad SMARTS) is 1. The third-order valence-corrected chi connectivity index (χ3v) is 11.5. The van der Waals surface area contributed by atoms with Crippen LogP contribution in [0.5, 0.6) is 0 Å².